The van der Waals surface area contributed by atoms with E-state index in [1.807, 2.05) is 79.7 Å². The van der Waals surface area contributed by atoms with Crippen LogP contribution in [-0.2, 0) is 22.6 Å². The molecule has 0 saturated carbocycles. The zero-order chi connectivity index (χ0) is 26.6. The van der Waals surface area contributed by atoms with Crippen LogP contribution in [0.3, 0.4) is 0 Å². The average Bonchev–Trinajstić information content (AvgIpc) is 2.90. The maximum atomic E-state index is 13.7. The highest BCUT2D eigenvalue weighted by molar-refractivity contribution is 5.88. The third kappa shape index (κ3) is 8.78. The van der Waals surface area contributed by atoms with Crippen molar-refractivity contribution in [1.29, 1.82) is 0 Å². The Balaban J connectivity index is 1.86. The first-order valence-corrected chi connectivity index (χ1v) is 13.3. The van der Waals surface area contributed by atoms with Gasteiger partial charge in [0.25, 0.3) is 5.91 Å². The van der Waals surface area contributed by atoms with E-state index in [0.29, 0.717) is 31.2 Å². The monoisotopic (exact) mass is 500 g/mol. The summed E-state index contributed by atoms with van der Waals surface area (Å²) in [7, 11) is 0. The summed E-state index contributed by atoms with van der Waals surface area (Å²) in [5.41, 5.74) is 4.31. The first-order valence-electron chi connectivity index (χ1n) is 13.3. The number of amides is 2. The maximum Gasteiger partial charge on any atom is 0.261 e. The number of rotatable bonds is 13. The second-order valence-electron chi connectivity index (χ2n) is 9.87. The lowest BCUT2D eigenvalue weighted by Crippen LogP contribution is -2.51. The smallest absolute Gasteiger partial charge is 0.261 e. The van der Waals surface area contributed by atoms with Gasteiger partial charge in [-0.2, -0.15) is 0 Å². The fourth-order valence-electron chi connectivity index (χ4n) is 4.24. The highest BCUT2D eigenvalue weighted by Crippen LogP contribution is 2.20. The maximum absolute atomic E-state index is 13.7. The Kier molecular flexibility index (Phi) is 10.8. The molecule has 0 aromatic heterocycles. The van der Waals surface area contributed by atoms with Crippen molar-refractivity contribution in [1.82, 2.24) is 10.2 Å². The molecule has 0 radical (unpaired) electrons. The molecule has 0 unspecified atom stereocenters. The number of nitrogens with zero attached hydrogens (tertiary/aromatic N) is 1. The number of hydrogen-bond donors (Lipinski definition) is 1. The highest BCUT2D eigenvalue weighted by atomic mass is 16.5. The number of carbonyl (C=O) groups excluding carboxylic acids is 2. The van der Waals surface area contributed by atoms with Gasteiger partial charge in [0.05, 0.1) is 0 Å². The molecular formula is C32H40N2O3. The van der Waals surface area contributed by atoms with Crippen LogP contribution in [0.2, 0.25) is 0 Å². The molecule has 1 atom stereocenters. The van der Waals surface area contributed by atoms with Crippen molar-refractivity contribution in [3.05, 3.63) is 101 Å². The Morgan fingerprint density at radius 2 is 1.62 bits per heavy atom. The second-order valence-corrected chi connectivity index (χ2v) is 9.87. The predicted molar refractivity (Wildman–Crippen MR) is 150 cm³/mol. The first-order chi connectivity index (χ1) is 17.9. The molecule has 0 spiro atoms. The first kappa shape index (κ1) is 28.0. The van der Waals surface area contributed by atoms with Gasteiger partial charge in [-0.05, 0) is 48.1 Å². The number of unbranched alkanes of at least 4 members (excludes halogenated alkanes) is 1. The largest absolute Gasteiger partial charge is 0.484 e. The fourth-order valence-corrected chi connectivity index (χ4v) is 4.24. The Bertz CT molecular complexity index is 1130. The number of benzene rings is 3. The molecule has 3 aromatic carbocycles. The van der Waals surface area contributed by atoms with Gasteiger partial charge in [0.2, 0.25) is 5.91 Å². The zero-order valence-corrected chi connectivity index (χ0v) is 22.6. The quantitative estimate of drug-likeness (QED) is 0.291. The van der Waals surface area contributed by atoms with E-state index in [-0.39, 0.29) is 18.4 Å². The van der Waals surface area contributed by atoms with Crippen LogP contribution >= 0.6 is 0 Å². The van der Waals surface area contributed by atoms with Gasteiger partial charge in [-0.25, -0.2) is 0 Å². The van der Waals surface area contributed by atoms with Crippen molar-refractivity contribution in [3.63, 3.8) is 0 Å². The number of carbonyl (C=O) groups is 2. The van der Waals surface area contributed by atoms with Crippen LogP contribution in [0.4, 0.5) is 0 Å². The molecule has 0 aliphatic rings. The molecule has 1 N–H and O–H groups in total. The molecule has 0 heterocycles. The van der Waals surface area contributed by atoms with Crippen LogP contribution in [0, 0.1) is 6.92 Å². The van der Waals surface area contributed by atoms with Crippen molar-refractivity contribution < 1.29 is 14.3 Å². The summed E-state index contributed by atoms with van der Waals surface area (Å²) < 4.78 is 5.90. The molecule has 0 fully saturated rings. The van der Waals surface area contributed by atoms with E-state index in [1.165, 1.54) is 5.56 Å². The molecule has 5 nitrogen and oxygen atoms in total. The van der Waals surface area contributed by atoms with Gasteiger partial charge in [-0.15, -0.1) is 0 Å². The predicted octanol–water partition coefficient (Wildman–Crippen LogP) is 6.05. The van der Waals surface area contributed by atoms with E-state index in [9.17, 15) is 9.59 Å². The van der Waals surface area contributed by atoms with Crippen LogP contribution in [-0.4, -0.2) is 35.9 Å². The number of aryl methyl sites for hydroxylation is 1. The lowest BCUT2D eigenvalue weighted by Gasteiger charge is -2.31. The summed E-state index contributed by atoms with van der Waals surface area (Å²) in [5, 5.41) is 3.05. The number of hydrogen-bond acceptors (Lipinski definition) is 3. The summed E-state index contributed by atoms with van der Waals surface area (Å²) in [4.78, 5) is 28.8. The van der Waals surface area contributed by atoms with Crippen LogP contribution < -0.4 is 10.1 Å². The van der Waals surface area contributed by atoms with Crippen LogP contribution in [0.25, 0.3) is 0 Å². The molecule has 5 heteroatoms. The number of ether oxygens (including phenoxy) is 1. The van der Waals surface area contributed by atoms with Crippen LogP contribution in [0.15, 0.2) is 78.9 Å². The van der Waals surface area contributed by atoms with Gasteiger partial charge < -0.3 is 15.0 Å². The summed E-state index contributed by atoms with van der Waals surface area (Å²) in [6, 6.07) is 25.1. The van der Waals surface area contributed by atoms with Crippen molar-refractivity contribution in [2.24, 2.45) is 0 Å². The molecule has 0 aliphatic heterocycles. The van der Waals surface area contributed by atoms with Crippen molar-refractivity contribution >= 4 is 11.8 Å². The standard InChI is InChI=1S/C32H40N2O3/c1-5-6-19-33-32(36)30(21-26-12-8-7-9-13-26)34(22-27-14-10-11-25(4)20-27)31(35)23-37-29-17-15-28(16-18-29)24(2)3/h7-18,20,24,30H,5-6,19,21-23H2,1-4H3,(H,33,36)/t30-/m1/s1. The van der Waals surface area contributed by atoms with Crippen LogP contribution in [0.1, 0.15) is 61.8 Å². The van der Waals surface area contributed by atoms with E-state index >= 15 is 0 Å². The molecule has 0 aliphatic carbocycles. The molecule has 0 saturated heterocycles. The molecule has 0 bridgehead atoms. The molecule has 196 valence electrons. The summed E-state index contributed by atoms with van der Waals surface area (Å²) in [6.07, 6.45) is 2.31. The second kappa shape index (κ2) is 14.2. The average molecular weight is 501 g/mol. The lowest BCUT2D eigenvalue weighted by molar-refractivity contribution is -0.142. The highest BCUT2D eigenvalue weighted by Gasteiger charge is 2.30. The molecule has 3 rings (SSSR count). The molecule has 37 heavy (non-hydrogen) atoms. The molecule has 2 amide bonds. The normalized spacial score (nSPS) is 11.7. The van der Waals surface area contributed by atoms with Crippen LogP contribution in [0.5, 0.6) is 5.75 Å². The fraction of sp³-hybridized carbons (Fsp3) is 0.375. The lowest BCUT2D eigenvalue weighted by atomic mass is 10.0. The van der Waals surface area contributed by atoms with E-state index in [2.05, 4.69) is 32.2 Å². The Labute approximate surface area is 221 Å². The summed E-state index contributed by atoms with van der Waals surface area (Å²) in [5.74, 6) is 0.700. The van der Waals surface area contributed by atoms with Crippen molar-refractivity contribution in [2.75, 3.05) is 13.2 Å². The third-order valence-corrected chi connectivity index (χ3v) is 6.45. The van der Waals surface area contributed by atoms with Gasteiger partial charge in [0, 0.05) is 19.5 Å². The zero-order valence-electron chi connectivity index (χ0n) is 22.6. The van der Waals surface area contributed by atoms with E-state index in [0.717, 1.165) is 29.5 Å². The molecule has 3 aromatic rings. The van der Waals surface area contributed by atoms with E-state index < -0.39 is 6.04 Å². The third-order valence-electron chi connectivity index (χ3n) is 6.45. The van der Waals surface area contributed by atoms with E-state index in [4.69, 9.17) is 4.74 Å². The van der Waals surface area contributed by atoms with Crippen molar-refractivity contribution in [3.8, 4) is 5.75 Å². The molecular weight excluding hydrogens is 460 g/mol. The van der Waals surface area contributed by atoms with Gasteiger partial charge in [0.15, 0.2) is 6.61 Å². The van der Waals surface area contributed by atoms with Crippen molar-refractivity contribution in [2.45, 2.75) is 65.5 Å². The minimum absolute atomic E-state index is 0.139. The summed E-state index contributed by atoms with van der Waals surface area (Å²) in [6.45, 7) is 9.17. The van der Waals surface area contributed by atoms with Gasteiger partial charge in [-0.1, -0.05) is 99.5 Å². The van der Waals surface area contributed by atoms with E-state index in [1.54, 1.807) is 4.90 Å². The Hall–Kier alpha value is -3.60. The number of nitrogens with one attached hydrogen (secondary N) is 1. The SMILES string of the molecule is CCCCNC(=O)[C@@H](Cc1ccccc1)N(Cc1cccc(C)c1)C(=O)COc1ccc(C(C)C)cc1. The Morgan fingerprint density at radius 1 is 0.919 bits per heavy atom. The van der Waals surface area contributed by atoms with Gasteiger partial charge >= 0.3 is 0 Å². The topological polar surface area (TPSA) is 58.6 Å². The minimum Gasteiger partial charge on any atom is -0.484 e. The minimum atomic E-state index is -0.654. The van der Waals surface area contributed by atoms with Gasteiger partial charge in [-0.3, -0.25) is 9.59 Å². The van der Waals surface area contributed by atoms with Gasteiger partial charge in [0.1, 0.15) is 11.8 Å². The summed E-state index contributed by atoms with van der Waals surface area (Å²) >= 11 is 0. The Morgan fingerprint density at radius 3 is 2.27 bits per heavy atom.